The fraction of sp³-hybridized carbons (Fsp3) is 0.292. The van der Waals surface area contributed by atoms with Crippen LogP contribution >= 0.6 is 0 Å². The summed E-state index contributed by atoms with van der Waals surface area (Å²) in [5.41, 5.74) is 8.36. The molecular weight excluding hydrogens is 447 g/mol. The summed E-state index contributed by atoms with van der Waals surface area (Å²) in [4.78, 5) is 24.1. The molecule has 174 valence electrons. The van der Waals surface area contributed by atoms with Gasteiger partial charge < -0.3 is 15.4 Å². The molecule has 7 nitrogen and oxygen atoms in total. The normalized spacial score (nSPS) is 19.8. The molecule has 2 aliphatic rings. The molecule has 0 spiro atoms. The second-order valence-electron chi connectivity index (χ2n) is 8.72. The van der Waals surface area contributed by atoms with Gasteiger partial charge in [0, 0.05) is 17.7 Å². The van der Waals surface area contributed by atoms with Crippen molar-refractivity contribution >= 4 is 28.3 Å². The Labute approximate surface area is 192 Å². The van der Waals surface area contributed by atoms with Crippen LogP contribution in [0.2, 0.25) is 0 Å². The molecule has 1 saturated heterocycles. The lowest BCUT2D eigenvalue weighted by atomic mass is 9.93. The maximum atomic E-state index is 13.7. The van der Waals surface area contributed by atoms with E-state index in [9.17, 15) is 18.0 Å². The Morgan fingerprint density at radius 3 is 2.79 bits per heavy atom. The first kappa shape index (κ1) is 20.8. The van der Waals surface area contributed by atoms with E-state index >= 15 is 0 Å². The van der Waals surface area contributed by atoms with E-state index in [1.54, 1.807) is 29.3 Å². The van der Waals surface area contributed by atoms with Gasteiger partial charge >= 0.3 is 6.18 Å². The number of nitrogens with zero attached hydrogens (tertiary/aromatic N) is 4. The highest BCUT2D eigenvalue weighted by Gasteiger charge is 2.44. The summed E-state index contributed by atoms with van der Waals surface area (Å²) in [6, 6.07) is 8.27. The zero-order valence-corrected chi connectivity index (χ0v) is 18.1. The quantitative estimate of drug-likeness (QED) is 0.445. The number of likely N-dealkylation sites (tertiary alicyclic amines) is 1. The van der Waals surface area contributed by atoms with Crippen molar-refractivity contribution in [3.63, 3.8) is 0 Å². The number of halogens is 3. The van der Waals surface area contributed by atoms with Crippen molar-refractivity contribution in [2.75, 3.05) is 12.3 Å². The third-order valence-corrected chi connectivity index (χ3v) is 6.68. The second-order valence-corrected chi connectivity index (χ2v) is 8.72. The summed E-state index contributed by atoms with van der Waals surface area (Å²) in [6.07, 6.45) is -1.83. The first-order chi connectivity index (χ1) is 16.2. The Morgan fingerprint density at radius 1 is 1.18 bits per heavy atom. The van der Waals surface area contributed by atoms with E-state index < -0.39 is 17.8 Å². The lowest BCUT2D eigenvalue weighted by molar-refractivity contribution is -0.137. The number of piperidine rings is 1. The minimum atomic E-state index is -4.46. The summed E-state index contributed by atoms with van der Waals surface area (Å²) >= 11 is 0. The zero-order valence-electron chi connectivity index (χ0n) is 18.1. The molecule has 1 fully saturated rings. The summed E-state index contributed by atoms with van der Waals surface area (Å²) in [5, 5.41) is 0. The predicted molar refractivity (Wildman–Crippen MR) is 119 cm³/mol. The predicted octanol–water partition coefficient (Wildman–Crippen LogP) is 4.53. The number of aromatic nitrogens is 3. The van der Waals surface area contributed by atoms with Crippen molar-refractivity contribution in [1.29, 1.82) is 0 Å². The van der Waals surface area contributed by atoms with Gasteiger partial charge in [0.15, 0.2) is 0 Å². The van der Waals surface area contributed by atoms with Crippen LogP contribution in [0.25, 0.3) is 16.6 Å². The molecule has 6 rings (SSSR count). The zero-order chi connectivity index (χ0) is 23.8. The van der Waals surface area contributed by atoms with E-state index in [0.717, 1.165) is 18.0 Å². The largest absolute Gasteiger partial charge is 0.488 e. The molecule has 2 aromatic carbocycles. The van der Waals surface area contributed by atoms with Crippen molar-refractivity contribution in [2.45, 2.75) is 38.1 Å². The third kappa shape index (κ3) is 3.01. The smallest absolute Gasteiger partial charge is 0.416 e. The number of hydrogen-bond donors (Lipinski definition) is 1. The van der Waals surface area contributed by atoms with Gasteiger partial charge in [0.25, 0.3) is 5.91 Å². The number of rotatable bonds is 1. The maximum Gasteiger partial charge on any atom is 0.416 e. The fourth-order valence-electron chi connectivity index (χ4n) is 5.11. The molecule has 2 aliphatic heterocycles. The number of benzene rings is 2. The molecule has 4 heterocycles. The van der Waals surface area contributed by atoms with E-state index in [0.29, 0.717) is 52.9 Å². The number of nitrogens with two attached hydrogens (primary N) is 1. The molecule has 0 bridgehead atoms. The molecule has 34 heavy (non-hydrogen) atoms. The number of alkyl halides is 3. The van der Waals surface area contributed by atoms with Gasteiger partial charge in [-0.15, -0.1) is 0 Å². The number of fused-ring (bicyclic) bond motifs is 6. The molecule has 4 aromatic rings. The minimum absolute atomic E-state index is 0.193. The maximum absolute atomic E-state index is 13.7. The van der Waals surface area contributed by atoms with E-state index in [2.05, 4.69) is 9.97 Å². The van der Waals surface area contributed by atoms with Crippen molar-refractivity contribution in [2.24, 2.45) is 0 Å². The van der Waals surface area contributed by atoms with Gasteiger partial charge in [0.05, 0.1) is 28.8 Å². The number of hydrogen-bond acceptors (Lipinski definition) is 5. The van der Waals surface area contributed by atoms with Gasteiger partial charge in [0.2, 0.25) is 0 Å². The Hall–Kier alpha value is -3.82. The molecule has 0 saturated carbocycles. The van der Waals surface area contributed by atoms with E-state index in [1.165, 1.54) is 6.07 Å². The van der Waals surface area contributed by atoms with Crippen molar-refractivity contribution in [3.05, 3.63) is 65.1 Å². The van der Waals surface area contributed by atoms with E-state index in [-0.39, 0.29) is 17.8 Å². The Morgan fingerprint density at radius 2 is 2.00 bits per heavy atom. The monoisotopic (exact) mass is 467 g/mol. The van der Waals surface area contributed by atoms with Gasteiger partial charge in [0.1, 0.15) is 29.0 Å². The van der Waals surface area contributed by atoms with Gasteiger partial charge in [-0.2, -0.15) is 13.2 Å². The second kappa shape index (κ2) is 7.09. The Bertz CT molecular complexity index is 1480. The highest BCUT2D eigenvalue weighted by molar-refractivity contribution is 5.98. The number of amides is 1. The number of carbonyl (C=O) groups excluding carboxylic acids is 1. The SMILES string of the molecule is Cc1ncc2c(N)nc3ccc(C(=O)N4CCCC5Oc6cc(C(F)(F)F)ccc6C54)cc3n12. The fourth-order valence-corrected chi connectivity index (χ4v) is 5.11. The number of carbonyl (C=O) groups is 1. The van der Waals surface area contributed by atoms with Crippen molar-refractivity contribution in [1.82, 2.24) is 19.3 Å². The number of anilines is 1. The van der Waals surface area contributed by atoms with Gasteiger partial charge in [-0.25, -0.2) is 9.97 Å². The first-order valence-electron chi connectivity index (χ1n) is 10.9. The van der Waals surface area contributed by atoms with E-state index in [1.807, 2.05) is 11.3 Å². The Kier molecular flexibility index (Phi) is 4.33. The van der Waals surface area contributed by atoms with Crippen LogP contribution in [0, 0.1) is 6.92 Å². The molecule has 10 heteroatoms. The topological polar surface area (TPSA) is 85.8 Å². The summed E-state index contributed by atoms with van der Waals surface area (Å²) in [6.45, 7) is 2.33. The van der Waals surface area contributed by atoms with Crippen LogP contribution in [0.15, 0.2) is 42.6 Å². The standard InChI is InChI=1S/C24H20F3N5O2/c1-12-29-11-18-22(28)30-16-7-4-13(9-17(16)32(12)18)23(33)31-8-2-3-19-21(31)15-6-5-14(24(25,26)27)10-20(15)34-19/h4-7,9-11,19,21H,2-3,8H2,1H3,(H2,28,30). The average molecular weight is 467 g/mol. The highest BCUT2D eigenvalue weighted by atomic mass is 19.4. The Balaban J connectivity index is 1.41. The van der Waals surface area contributed by atoms with Crippen molar-refractivity contribution < 1.29 is 22.7 Å². The molecular formula is C24H20F3N5O2. The van der Waals surface area contributed by atoms with Crippen LogP contribution in [-0.4, -0.2) is 37.8 Å². The van der Waals surface area contributed by atoms with Crippen LogP contribution in [0.3, 0.4) is 0 Å². The summed E-state index contributed by atoms with van der Waals surface area (Å²) in [5.74, 6) is 1.05. The third-order valence-electron chi connectivity index (χ3n) is 6.68. The molecule has 2 N–H and O–H groups in total. The highest BCUT2D eigenvalue weighted by Crippen LogP contribution is 2.46. The molecule has 2 unspecified atom stereocenters. The summed E-state index contributed by atoms with van der Waals surface area (Å²) in [7, 11) is 0. The lowest BCUT2D eigenvalue weighted by Crippen LogP contribution is -2.44. The number of imidazole rings is 1. The molecule has 0 radical (unpaired) electrons. The molecule has 2 atom stereocenters. The van der Waals surface area contributed by atoms with Crippen LogP contribution in [0.4, 0.5) is 19.0 Å². The summed E-state index contributed by atoms with van der Waals surface area (Å²) < 4.78 is 47.3. The minimum Gasteiger partial charge on any atom is -0.488 e. The first-order valence-corrected chi connectivity index (χ1v) is 10.9. The number of nitrogen functional groups attached to an aromatic ring is 1. The lowest BCUT2D eigenvalue weighted by Gasteiger charge is -2.36. The molecule has 1 amide bonds. The van der Waals surface area contributed by atoms with Crippen LogP contribution < -0.4 is 10.5 Å². The molecule has 0 aliphatic carbocycles. The number of ether oxygens (including phenoxy) is 1. The van der Waals surface area contributed by atoms with Gasteiger partial charge in [-0.05, 0) is 50.1 Å². The average Bonchev–Trinajstić information content (AvgIpc) is 3.38. The number of aryl methyl sites for hydroxylation is 1. The van der Waals surface area contributed by atoms with Gasteiger partial charge in [-0.1, -0.05) is 6.07 Å². The molecule has 2 aromatic heterocycles. The van der Waals surface area contributed by atoms with Gasteiger partial charge in [-0.3, -0.25) is 9.20 Å². The van der Waals surface area contributed by atoms with Crippen LogP contribution in [-0.2, 0) is 6.18 Å². The van der Waals surface area contributed by atoms with Crippen LogP contribution in [0.1, 0.15) is 46.2 Å². The van der Waals surface area contributed by atoms with Crippen LogP contribution in [0.5, 0.6) is 5.75 Å². The van der Waals surface area contributed by atoms with E-state index in [4.69, 9.17) is 10.5 Å². The van der Waals surface area contributed by atoms with Crippen molar-refractivity contribution in [3.8, 4) is 5.75 Å².